The molecule has 1 atom stereocenters. The van der Waals surface area contributed by atoms with Crippen LogP contribution >= 0.6 is 0 Å². The SMILES string of the molecule is CCc1cccc2c1CCN([C@H]1CN3CCC1CC3)C2=O. The summed E-state index contributed by atoms with van der Waals surface area (Å²) in [6.45, 7) is 6.66. The smallest absolute Gasteiger partial charge is 0.254 e. The van der Waals surface area contributed by atoms with E-state index in [0.717, 1.165) is 37.4 Å². The molecular weight excluding hydrogens is 260 g/mol. The molecule has 0 unspecified atom stereocenters. The first-order valence-corrected chi connectivity index (χ1v) is 8.42. The van der Waals surface area contributed by atoms with Crippen molar-refractivity contribution in [3.8, 4) is 0 Å². The largest absolute Gasteiger partial charge is 0.334 e. The molecule has 3 saturated heterocycles. The van der Waals surface area contributed by atoms with Crippen molar-refractivity contribution in [2.45, 2.75) is 38.6 Å². The van der Waals surface area contributed by atoms with Gasteiger partial charge in [-0.25, -0.2) is 0 Å². The summed E-state index contributed by atoms with van der Waals surface area (Å²) in [7, 11) is 0. The number of hydrogen-bond acceptors (Lipinski definition) is 2. The molecule has 0 N–H and O–H groups in total. The third kappa shape index (κ3) is 2.10. The van der Waals surface area contributed by atoms with Crippen LogP contribution in [0, 0.1) is 5.92 Å². The molecule has 1 aromatic rings. The van der Waals surface area contributed by atoms with Crippen LogP contribution in [0.5, 0.6) is 0 Å². The molecule has 0 aromatic heterocycles. The van der Waals surface area contributed by atoms with Crippen LogP contribution < -0.4 is 0 Å². The summed E-state index contributed by atoms with van der Waals surface area (Å²) in [4.78, 5) is 17.7. The van der Waals surface area contributed by atoms with Crippen molar-refractivity contribution < 1.29 is 4.79 Å². The fourth-order valence-corrected chi connectivity index (χ4v) is 4.55. The van der Waals surface area contributed by atoms with E-state index in [1.54, 1.807) is 0 Å². The number of rotatable bonds is 2. The lowest BCUT2D eigenvalue weighted by Crippen LogP contribution is -2.59. The zero-order valence-corrected chi connectivity index (χ0v) is 12.8. The quantitative estimate of drug-likeness (QED) is 0.832. The average Bonchev–Trinajstić information content (AvgIpc) is 2.56. The van der Waals surface area contributed by atoms with Gasteiger partial charge in [0.25, 0.3) is 5.91 Å². The van der Waals surface area contributed by atoms with E-state index in [1.807, 2.05) is 6.07 Å². The van der Waals surface area contributed by atoms with E-state index < -0.39 is 0 Å². The molecule has 4 heterocycles. The van der Waals surface area contributed by atoms with Crippen molar-refractivity contribution in [2.24, 2.45) is 5.92 Å². The third-order valence-electron chi connectivity index (χ3n) is 5.77. The molecule has 0 aliphatic carbocycles. The first-order chi connectivity index (χ1) is 10.3. The van der Waals surface area contributed by atoms with Crippen molar-refractivity contribution in [3.63, 3.8) is 0 Å². The van der Waals surface area contributed by atoms with E-state index >= 15 is 0 Å². The standard InChI is InChI=1S/C18H24N2O/c1-2-13-4-3-5-16-15(13)8-11-20(18(16)21)17-12-19-9-6-14(17)7-10-19/h3-5,14,17H,2,6-12H2,1H3/t17-/m0/s1. The molecule has 21 heavy (non-hydrogen) atoms. The van der Waals surface area contributed by atoms with Crippen molar-refractivity contribution in [3.05, 3.63) is 34.9 Å². The number of fused-ring (bicyclic) bond motifs is 4. The van der Waals surface area contributed by atoms with Crippen molar-refractivity contribution in [2.75, 3.05) is 26.2 Å². The fraction of sp³-hybridized carbons (Fsp3) is 0.611. The number of hydrogen-bond donors (Lipinski definition) is 0. The Morgan fingerprint density at radius 1 is 1.19 bits per heavy atom. The molecule has 3 heteroatoms. The summed E-state index contributed by atoms with van der Waals surface area (Å²) < 4.78 is 0. The van der Waals surface area contributed by atoms with Gasteiger partial charge in [0.2, 0.25) is 0 Å². The van der Waals surface area contributed by atoms with Gasteiger partial charge in [-0.05, 0) is 61.9 Å². The number of amides is 1. The predicted molar refractivity (Wildman–Crippen MR) is 83.5 cm³/mol. The van der Waals surface area contributed by atoms with Gasteiger partial charge in [0.05, 0.1) is 0 Å². The molecule has 3 nitrogen and oxygen atoms in total. The van der Waals surface area contributed by atoms with E-state index in [1.165, 1.54) is 37.1 Å². The molecule has 1 aromatic carbocycles. The number of carbonyl (C=O) groups is 1. The Morgan fingerprint density at radius 2 is 2.00 bits per heavy atom. The van der Waals surface area contributed by atoms with E-state index in [4.69, 9.17) is 0 Å². The summed E-state index contributed by atoms with van der Waals surface area (Å²) in [5.74, 6) is 1.01. The van der Waals surface area contributed by atoms with Gasteiger partial charge in [0.1, 0.15) is 0 Å². The Bertz CT molecular complexity index is 560. The highest BCUT2D eigenvalue weighted by Gasteiger charge is 2.41. The van der Waals surface area contributed by atoms with Crippen LogP contribution in [0.3, 0.4) is 0 Å². The minimum absolute atomic E-state index is 0.283. The lowest BCUT2D eigenvalue weighted by molar-refractivity contribution is 0.00603. The molecule has 112 valence electrons. The van der Waals surface area contributed by atoms with E-state index in [2.05, 4.69) is 28.9 Å². The van der Waals surface area contributed by atoms with Crippen LogP contribution in [0.4, 0.5) is 0 Å². The number of carbonyl (C=O) groups excluding carboxylic acids is 1. The van der Waals surface area contributed by atoms with Gasteiger partial charge in [0.15, 0.2) is 0 Å². The van der Waals surface area contributed by atoms with Gasteiger partial charge < -0.3 is 9.80 Å². The van der Waals surface area contributed by atoms with Gasteiger partial charge in [0, 0.05) is 24.7 Å². The summed E-state index contributed by atoms with van der Waals surface area (Å²) in [6.07, 6.45) is 4.61. The second-order valence-corrected chi connectivity index (χ2v) is 6.75. The first-order valence-electron chi connectivity index (χ1n) is 8.42. The van der Waals surface area contributed by atoms with Gasteiger partial charge in [-0.2, -0.15) is 0 Å². The average molecular weight is 284 g/mol. The van der Waals surface area contributed by atoms with Crippen LogP contribution in [-0.2, 0) is 12.8 Å². The van der Waals surface area contributed by atoms with E-state index in [-0.39, 0.29) is 5.91 Å². The fourth-order valence-electron chi connectivity index (χ4n) is 4.55. The summed E-state index contributed by atoms with van der Waals surface area (Å²) in [5, 5.41) is 0. The third-order valence-corrected chi connectivity index (χ3v) is 5.77. The molecular formula is C18H24N2O. The molecule has 4 aliphatic rings. The van der Waals surface area contributed by atoms with Crippen LogP contribution in [0.15, 0.2) is 18.2 Å². The first kappa shape index (κ1) is 13.3. The molecule has 3 fully saturated rings. The maximum atomic E-state index is 13.0. The molecule has 0 radical (unpaired) electrons. The van der Waals surface area contributed by atoms with Crippen LogP contribution in [0.2, 0.25) is 0 Å². The van der Waals surface area contributed by atoms with Crippen molar-refractivity contribution in [1.82, 2.24) is 9.80 Å². The molecule has 4 aliphatic heterocycles. The Morgan fingerprint density at radius 3 is 2.67 bits per heavy atom. The normalized spacial score (nSPS) is 31.4. The molecule has 0 spiro atoms. The van der Waals surface area contributed by atoms with Gasteiger partial charge in [-0.15, -0.1) is 0 Å². The number of piperidine rings is 3. The number of nitrogens with zero attached hydrogens (tertiary/aromatic N) is 2. The predicted octanol–water partition coefficient (Wildman–Crippen LogP) is 2.34. The van der Waals surface area contributed by atoms with Crippen molar-refractivity contribution >= 4 is 5.91 Å². The summed E-state index contributed by atoms with van der Waals surface area (Å²) in [6, 6.07) is 6.72. The second-order valence-electron chi connectivity index (χ2n) is 6.75. The Labute approximate surface area is 126 Å². The Hall–Kier alpha value is -1.35. The molecule has 2 bridgehead atoms. The highest BCUT2D eigenvalue weighted by Crippen LogP contribution is 2.34. The lowest BCUT2D eigenvalue weighted by atomic mass is 9.81. The minimum atomic E-state index is 0.283. The van der Waals surface area contributed by atoms with Gasteiger partial charge in [-0.1, -0.05) is 19.1 Å². The van der Waals surface area contributed by atoms with E-state index in [0.29, 0.717) is 6.04 Å². The van der Waals surface area contributed by atoms with E-state index in [9.17, 15) is 4.79 Å². The zero-order chi connectivity index (χ0) is 14.4. The highest BCUT2D eigenvalue weighted by atomic mass is 16.2. The second kappa shape index (κ2) is 5.13. The highest BCUT2D eigenvalue weighted by molar-refractivity contribution is 5.97. The molecule has 5 rings (SSSR count). The van der Waals surface area contributed by atoms with Gasteiger partial charge in [-0.3, -0.25) is 4.79 Å². The maximum absolute atomic E-state index is 13.0. The minimum Gasteiger partial charge on any atom is -0.334 e. The number of aryl methyl sites for hydroxylation is 1. The summed E-state index contributed by atoms with van der Waals surface area (Å²) in [5.41, 5.74) is 3.63. The molecule has 0 saturated carbocycles. The Kier molecular flexibility index (Phi) is 3.26. The van der Waals surface area contributed by atoms with Crippen LogP contribution in [-0.4, -0.2) is 47.9 Å². The molecule has 1 amide bonds. The Balaban J connectivity index is 1.63. The maximum Gasteiger partial charge on any atom is 0.254 e. The zero-order valence-electron chi connectivity index (χ0n) is 12.8. The van der Waals surface area contributed by atoms with Crippen LogP contribution in [0.1, 0.15) is 41.3 Å². The van der Waals surface area contributed by atoms with Crippen molar-refractivity contribution in [1.29, 1.82) is 0 Å². The monoisotopic (exact) mass is 284 g/mol. The lowest BCUT2D eigenvalue weighted by Gasteiger charge is -2.50. The number of benzene rings is 1. The van der Waals surface area contributed by atoms with Gasteiger partial charge >= 0.3 is 0 Å². The van der Waals surface area contributed by atoms with Crippen LogP contribution in [0.25, 0.3) is 0 Å². The summed E-state index contributed by atoms with van der Waals surface area (Å²) >= 11 is 0. The topological polar surface area (TPSA) is 23.6 Å².